The van der Waals surface area contributed by atoms with Gasteiger partial charge >= 0.3 is 0 Å². The van der Waals surface area contributed by atoms with Crippen molar-refractivity contribution in [2.24, 2.45) is 0 Å². The molecule has 0 fully saturated rings. The second-order valence-corrected chi connectivity index (χ2v) is 11.8. The van der Waals surface area contributed by atoms with Crippen molar-refractivity contribution >= 4 is 28.5 Å². The van der Waals surface area contributed by atoms with Gasteiger partial charge < -0.3 is 9.80 Å². The molecule has 0 heterocycles. The van der Waals surface area contributed by atoms with Crippen LogP contribution in [0.25, 0.3) is 11.4 Å². The van der Waals surface area contributed by atoms with Gasteiger partial charge in [0.15, 0.2) is 0 Å². The van der Waals surface area contributed by atoms with E-state index in [1.165, 1.54) is 22.3 Å². The molecule has 0 N–H and O–H groups in total. The summed E-state index contributed by atoms with van der Waals surface area (Å²) in [6.45, 7) is 23.9. The summed E-state index contributed by atoms with van der Waals surface area (Å²) in [5.74, 6) is 0. The van der Waals surface area contributed by atoms with Gasteiger partial charge in [-0.25, -0.2) is 0 Å². The lowest BCUT2D eigenvalue weighted by Crippen LogP contribution is -2.24. The predicted molar refractivity (Wildman–Crippen MR) is 203 cm³/mol. The van der Waals surface area contributed by atoms with Gasteiger partial charge in [-0.15, -0.1) is 0 Å². The highest BCUT2D eigenvalue weighted by Gasteiger charge is 2.25. The second-order valence-electron chi connectivity index (χ2n) is 11.8. The fourth-order valence-electron chi connectivity index (χ4n) is 5.84. The fourth-order valence-corrected chi connectivity index (χ4v) is 5.84. The van der Waals surface area contributed by atoms with Crippen LogP contribution in [-0.4, -0.2) is 0 Å². The van der Waals surface area contributed by atoms with Gasteiger partial charge in [0.05, 0.1) is 5.70 Å². The van der Waals surface area contributed by atoms with Gasteiger partial charge in [0.1, 0.15) is 0 Å². The molecule has 0 aliphatic carbocycles. The summed E-state index contributed by atoms with van der Waals surface area (Å²) in [6.07, 6.45) is 11.6. The summed E-state index contributed by atoms with van der Waals surface area (Å²) < 4.78 is 0. The molecule has 4 aromatic rings. The lowest BCUT2D eigenvalue weighted by Gasteiger charge is -2.34. The van der Waals surface area contributed by atoms with Crippen molar-refractivity contribution in [1.29, 1.82) is 0 Å². The van der Waals surface area contributed by atoms with Crippen molar-refractivity contribution in [2.75, 3.05) is 9.80 Å². The fraction of sp³-hybridized carbons (Fsp3) is 0.182. The van der Waals surface area contributed by atoms with Crippen LogP contribution in [0.4, 0.5) is 17.1 Å². The van der Waals surface area contributed by atoms with E-state index in [1.807, 2.05) is 6.92 Å². The first-order valence-corrected chi connectivity index (χ1v) is 16.1. The smallest absolute Gasteiger partial charge is 0.0572 e. The van der Waals surface area contributed by atoms with Gasteiger partial charge in [-0.1, -0.05) is 105 Å². The minimum Gasteiger partial charge on any atom is -0.310 e. The summed E-state index contributed by atoms with van der Waals surface area (Å²) in [6, 6.07) is 34.7. The summed E-state index contributed by atoms with van der Waals surface area (Å²) in [5, 5.41) is 0. The van der Waals surface area contributed by atoms with Crippen molar-refractivity contribution in [3.63, 3.8) is 0 Å². The maximum Gasteiger partial charge on any atom is 0.0572 e. The van der Waals surface area contributed by atoms with Gasteiger partial charge in [-0.05, 0) is 119 Å². The molecule has 0 aromatic heterocycles. The van der Waals surface area contributed by atoms with Crippen molar-refractivity contribution in [3.05, 3.63) is 185 Å². The predicted octanol–water partition coefficient (Wildman–Crippen LogP) is 12.7. The van der Waals surface area contributed by atoms with E-state index in [0.29, 0.717) is 0 Å². The first kappa shape index (κ1) is 33.8. The number of allylic oxidation sites excluding steroid dienone is 7. The average molecular weight is 605 g/mol. The third-order valence-electron chi connectivity index (χ3n) is 7.81. The zero-order chi connectivity index (χ0) is 33.2. The Morgan fingerprint density at radius 2 is 1.15 bits per heavy atom. The highest BCUT2D eigenvalue weighted by Crippen LogP contribution is 2.41. The minimum absolute atomic E-state index is 0.846. The van der Waals surface area contributed by atoms with Crippen LogP contribution in [-0.2, 0) is 0 Å². The number of rotatable bonds is 12. The monoisotopic (exact) mass is 604 g/mol. The molecule has 0 spiro atoms. The number of aryl methyl sites for hydroxylation is 3. The average Bonchev–Trinajstić information content (AvgIpc) is 3.02. The Hall–Kier alpha value is -5.08. The molecular formula is C44H48N2. The van der Waals surface area contributed by atoms with Crippen molar-refractivity contribution < 1.29 is 0 Å². The molecule has 234 valence electrons. The SMILES string of the molecule is C=C(C)/C=C(\C=C/C)N(/C(=C(\C=C/C)CC)c1ccccc1C(=C)N(c1cccc(C)c1)c1cccc(C)c1)c1cccc(C)c1. The zero-order valence-electron chi connectivity index (χ0n) is 28.6. The maximum absolute atomic E-state index is 4.81. The topological polar surface area (TPSA) is 6.48 Å². The van der Waals surface area contributed by atoms with Crippen LogP contribution in [0.2, 0.25) is 0 Å². The molecule has 0 saturated carbocycles. The van der Waals surface area contributed by atoms with E-state index in [9.17, 15) is 0 Å². The number of benzene rings is 4. The molecule has 0 radical (unpaired) electrons. The first-order valence-electron chi connectivity index (χ1n) is 16.1. The molecule has 0 bridgehead atoms. The van der Waals surface area contributed by atoms with Crippen molar-refractivity contribution in [3.8, 4) is 0 Å². The molecule has 0 aliphatic rings. The molecule has 2 heteroatoms. The van der Waals surface area contributed by atoms with Gasteiger partial charge in [0, 0.05) is 39.6 Å². The Kier molecular flexibility index (Phi) is 11.6. The van der Waals surface area contributed by atoms with E-state index >= 15 is 0 Å². The van der Waals surface area contributed by atoms with Crippen LogP contribution in [0.3, 0.4) is 0 Å². The zero-order valence-corrected chi connectivity index (χ0v) is 28.6. The second kappa shape index (κ2) is 15.8. The quantitative estimate of drug-likeness (QED) is 0.148. The molecule has 0 saturated heterocycles. The molecule has 4 aromatic carbocycles. The number of nitrogens with zero attached hydrogens (tertiary/aromatic N) is 2. The van der Waals surface area contributed by atoms with E-state index in [1.54, 1.807) is 0 Å². The van der Waals surface area contributed by atoms with E-state index in [4.69, 9.17) is 6.58 Å². The highest BCUT2D eigenvalue weighted by molar-refractivity contribution is 5.95. The lowest BCUT2D eigenvalue weighted by molar-refractivity contribution is 1.10. The molecule has 0 atom stereocenters. The van der Waals surface area contributed by atoms with E-state index in [0.717, 1.165) is 57.3 Å². The van der Waals surface area contributed by atoms with Crippen LogP contribution in [0.15, 0.2) is 157 Å². The Balaban J connectivity index is 2.09. The third-order valence-corrected chi connectivity index (χ3v) is 7.81. The van der Waals surface area contributed by atoms with Gasteiger partial charge in [-0.3, -0.25) is 0 Å². The summed E-state index contributed by atoms with van der Waals surface area (Å²) in [4.78, 5) is 4.67. The molecule has 46 heavy (non-hydrogen) atoms. The molecule has 0 aliphatic heterocycles. The number of anilines is 3. The molecule has 0 amide bonds. The molecular weight excluding hydrogens is 556 g/mol. The number of hydrogen-bond acceptors (Lipinski definition) is 2. The molecule has 0 unspecified atom stereocenters. The summed E-state index contributed by atoms with van der Waals surface area (Å²) in [7, 11) is 0. The largest absolute Gasteiger partial charge is 0.310 e. The van der Waals surface area contributed by atoms with Crippen LogP contribution in [0.1, 0.15) is 61.9 Å². The third kappa shape index (κ3) is 7.95. The Morgan fingerprint density at radius 3 is 1.63 bits per heavy atom. The molecule has 2 nitrogen and oxygen atoms in total. The Bertz CT molecular complexity index is 1780. The van der Waals surface area contributed by atoms with Crippen molar-refractivity contribution in [1.82, 2.24) is 0 Å². The summed E-state index contributed by atoms with van der Waals surface area (Å²) in [5.41, 5.74) is 14.3. The Morgan fingerprint density at radius 1 is 0.652 bits per heavy atom. The van der Waals surface area contributed by atoms with E-state index in [-0.39, 0.29) is 0 Å². The van der Waals surface area contributed by atoms with Gasteiger partial charge in [0.25, 0.3) is 0 Å². The van der Waals surface area contributed by atoms with Gasteiger partial charge in [0.2, 0.25) is 0 Å². The normalized spacial score (nSPS) is 12.4. The lowest BCUT2D eigenvalue weighted by atomic mass is 9.94. The van der Waals surface area contributed by atoms with Crippen LogP contribution >= 0.6 is 0 Å². The minimum atomic E-state index is 0.846. The molecule has 4 rings (SSSR count). The first-order chi connectivity index (χ1) is 22.2. The standard InChI is InChI=1S/C44H48N2/c1-10-18-37(12-3)44(46(38(19-11-2)28-32(4)5)41-25-17-22-35(8)31-41)43-27-14-13-26-42(43)36(9)45(39-23-15-20-33(6)29-39)40-24-16-21-34(7)30-40/h10-11,13-31H,4,9,12H2,1-3,5-8H3/b18-10-,19-11-,38-28+,44-37-. The van der Waals surface area contributed by atoms with E-state index in [2.05, 4.69) is 185 Å². The summed E-state index contributed by atoms with van der Waals surface area (Å²) >= 11 is 0. The highest BCUT2D eigenvalue weighted by atomic mass is 15.2. The van der Waals surface area contributed by atoms with Gasteiger partial charge in [-0.2, -0.15) is 0 Å². The maximum atomic E-state index is 4.81. The van der Waals surface area contributed by atoms with Crippen LogP contribution in [0.5, 0.6) is 0 Å². The van der Waals surface area contributed by atoms with E-state index < -0.39 is 0 Å². The van der Waals surface area contributed by atoms with Crippen LogP contribution in [0, 0.1) is 20.8 Å². The Labute approximate surface area is 277 Å². The number of hydrogen-bond donors (Lipinski definition) is 0. The van der Waals surface area contributed by atoms with Crippen LogP contribution < -0.4 is 9.80 Å². The van der Waals surface area contributed by atoms with Crippen molar-refractivity contribution in [2.45, 2.75) is 54.9 Å².